The van der Waals surface area contributed by atoms with E-state index in [0.29, 0.717) is 22.6 Å². The van der Waals surface area contributed by atoms with Gasteiger partial charge in [-0.15, -0.1) is 0 Å². The fraction of sp³-hybridized carbons (Fsp3) is 0.333. The second-order valence-corrected chi connectivity index (χ2v) is 16.4. The second-order valence-electron chi connectivity index (χ2n) is 11.1. The van der Waals surface area contributed by atoms with Gasteiger partial charge in [-0.25, -0.2) is 0 Å². The molecule has 0 saturated carbocycles. The van der Waals surface area contributed by atoms with Crippen LogP contribution < -0.4 is 0 Å². The molecule has 2 fully saturated rings. The van der Waals surface area contributed by atoms with E-state index in [1.807, 2.05) is 0 Å². The normalized spacial score (nSPS) is 25.3. The number of nitrogens with zero attached hydrogens (tertiary/aromatic N) is 1. The van der Waals surface area contributed by atoms with Crippen LogP contribution in [-0.4, -0.2) is 11.0 Å². The van der Waals surface area contributed by atoms with Crippen molar-refractivity contribution in [1.29, 1.82) is 0 Å². The first-order valence-corrected chi connectivity index (χ1v) is 17.8. The Labute approximate surface area is 238 Å². The highest BCUT2D eigenvalue weighted by Gasteiger charge is 2.49. The zero-order valence-electron chi connectivity index (χ0n) is 23.1. The Morgan fingerprint density at radius 3 is 1.03 bits per heavy atom. The maximum atomic E-state index is 3.18. The molecule has 6 rings (SSSR count). The third-order valence-electron chi connectivity index (χ3n) is 8.69. The van der Waals surface area contributed by atoms with E-state index in [1.165, 1.54) is 45.1 Å². The molecule has 2 aliphatic rings. The van der Waals surface area contributed by atoms with E-state index in [-0.39, 0.29) is 16.1 Å². The number of rotatable bonds is 9. The van der Waals surface area contributed by atoms with Gasteiger partial charge in [0.05, 0.1) is 0 Å². The van der Waals surface area contributed by atoms with Crippen molar-refractivity contribution in [2.45, 2.75) is 68.1 Å². The summed E-state index contributed by atoms with van der Waals surface area (Å²) in [6.07, 6.45) is 7.73. The molecule has 2 aliphatic heterocycles. The van der Waals surface area contributed by atoms with Gasteiger partial charge in [-0.1, -0.05) is 135 Å². The zero-order chi connectivity index (χ0) is 26.4. The van der Waals surface area contributed by atoms with Crippen molar-refractivity contribution in [2.24, 2.45) is 0 Å². The lowest BCUT2D eigenvalue weighted by molar-refractivity contribution is 0.618. The molecular formula is C36H41NP2. The molecule has 4 aromatic carbocycles. The van der Waals surface area contributed by atoms with E-state index in [1.54, 1.807) is 22.3 Å². The zero-order valence-corrected chi connectivity index (χ0v) is 24.9. The van der Waals surface area contributed by atoms with Crippen LogP contribution in [0.25, 0.3) is 0 Å². The summed E-state index contributed by atoms with van der Waals surface area (Å²) in [7, 11) is -0.765. The predicted octanol–water partition coefficient (Wildman–Crippen LogP) is 11.4. The van der Waals surface area contributed by atoms with Gasteiger partial charge in [0.15, 0.2) is 0 Å². The average Bonchev–Trinajstić information content (AvgIpc) is 3.65. The van der Waals surface area contributed by atoms with Crippen molar-refractivity contribution >= 4 is 16.1 Å². The fourth-order valence-electron chi connectivity index (χ4n) is 6.87. The highest BCUT2D eigenvalue weighted by molar-refractivity contribution is 7.71. The summed E-state index contributed by atoms with van der Waals surface area (Å²) in [5.41, 5.74) is 8.79. The number of unbranched alkanes of at least 4 members (excludes halogenated alkanes) is 1. The lowest BCUT2D eigenvalue weighted by atomic mass is 10.0. The van der Waals surface area contributed by atoms with Crippen LogP contribution in [0.5, 0.6) is 0 Å². The van der Waals surface area contributed by atoms with E-state index in [9.17, 15) is 0 Å². The summed E-state index contributed by atoms with van der Waals surface area (Å²) in [5.74, 6) is 0. The van der Waals surface area contributed by atoms with E-state index >= 15 is 0 Å². The Kier molecular flexibility index (Phi) is 8.91. The lowest BCUT2D eigenvalue weighted by Gasteiger charge is -2.45. The van der Waals surface area contributed by atoms with Crippen molar-refractivity contribution in [3.63, 3.8) is 0 Å². The molecule has 4 atom stereocenters. The Morgan fingerprint density at radius 2 is 0.769 bits per heavy atom. The Hall–Kier alpha value is -2.30. The van der Waals surface area contributed by atoms with Gasteiger partial charge in [0.2, 0.25) is 0 Å². The minimum atomic E-state index is -0.382. The van der Waals surface area contributed by atoms with Gasteiger partial charge in [0.1, 0.15) is 0 Å². The van der Waals surface area contributed by atoms with Gasteiger partial charge in [-0.05, 0) is 70.5 Å². The molecule has 0 bridgehead atoms. The van der Waals surface area contributed by atoms with E-state index < -0.39 is 0 Å². The third-order valence-corrected chi connectivity index (χ3v) is 16.2. The quantitative estimate of drug-likeness (QED) is 0.188. The summed E-state index contributed by atoms with van der Waals surface area (Å²) < 4.78 is 3.18. The monoisotopic (exact) mass is 549 g/mol. The van der Waals surface area contributed by atoms with Gasteiger partial charge in [-0.2, -0.15) is 0 Å². The molecule has 0 spiro atoms. The highest BCUT2D eigenvalue weighted by atomic mass is 31.2. The molecule has 3 heteroatoms. The molecule has 0 N–H and O–H groups in total. The van der Waals surface area contributed by atoms with Crippen LogP contribution in [0.1, 0.15) is 90.3 Å². The SMILES string of the molecule is CCCCN(P1C(c2ccccc2)CCC1c1ccccc1)P1[C@@H](c2ccccc2)CC[C@@H]1c1ccccc1. The van der Waals surface area contributed by atoms with Crippen LogP contribution in [0, 0.1) is 0 Å². The van der Waals surface area contributed by atoms with Crippen molar-refractivity contribution in [3.05, 3.63) is 144 Å². The van der Waals surface area contributed by atoms with Crippen molar-refractivity contribution in [3.8, 4) is 0 Å². The smallest absolute Gasteiger partial charge is 0.0183 e. The van der Waals surface area contributed by atoms with E-state index in [2.05, 4.69) is 133 Å². The molecule has 2 heterocycles. The minimum absolute atomic E-state index is 0.382. The largest absolute Gasteiger partial charge is 0.258 e. The number of hydrogen-bond acceptors (Lipinski definition) is 1. The molecular weight excluding hydrogens is 508 g/mol. The Balaban J connectivity index is 1.48. The molecule has 2 saturated heterocycles. The molecule has 0 amide bonds. The van der Waals surface area contributed by atoms with Crippen LogP contribution in [0.15, 0.2) is 121 Å². The first kappa shape index (κ1) is 26.9. The third kappa shape index (κ3) is 5.79. The first-order chi connectivity index (χ1) is 19.3. The van der Waals surface area contributed by atoms with Crippen LogP contribution in [0.3, 0.4) is 0 Å². The molecule has 1 nitrogen and oxygen atoms in total. The first-order valence-electron chi connectivity index (χ1n) is 14.9. The molecule has 0 radical (unpaired) electrons. The van der Waals surface area contributed by atoms with Crippen molar-refractivity contribution in [2.75, 3.05) is 6.54 Å². The molecule has 4 aromatic rings. The molecule has 2 unspecified atom stereocenters. The molecule has 0 aromatic heterocycles. The second kappa shape index (κ2) is 12.9. The number of hydrogen-bond donors (Lipinski definition) is 0. The minimum Gasteiger partial charge on any atom is -0.258 e. The Bertz CT molecular complexity index is 1090. The summed E-state index contributed by atoms with van der Waals surface area (Å²) in [6, 6.07) is 46.1. The maximum absolute atomic E-state index is 3.18. The molecule has 200 valence electrons. The summed E-state index contributed by atoms with van der Waals surface area (Å²) in [4.78, 5) is 0. The van der Waals surface area contributed by atoms with Crippen molar-refractivity contribution in [1.82, 2.24) is 4.44 Å². The molecule has 39 heavy (non-hydrogen) atoms. The Morgan fingerprint density at radius 1 is 0.487 bits per heavy atom. The van der Waals surface area contributed by atoms with Crippen molar-refractivity contribution < 1.29 is 0 Å². The predicted molar refractivity (Wildman–Crippen MR) is 171 cm³/mol. The average molecular weight is 550 g/mol. The summed E-state index contributed by atoms with van der Waals surface area (Å²) >= 11 is 0. The molecule has 0 aliphatic carbocycles. The van der Waals surface area contributed by atoms with Crippen LogP contribution >= 0.6 is 16.1 Å². The highest BCUT2D eigenvalue weighted by Crippen LogP contribution is 2.83. The van der Waals surface area contributed by atoms with Gasteiger partial charge in [0.25, 0.3) is 0 Å². The van der Waals surface area contributed by atoms with Gasteiger partial charge in [0, 0.05) is 29.2 Å². The van der Waals surface area contributed by atoms with E-state index in [4.69, 9.17) is 0 Å². The van der Waals surface area contributed by atoms with Crippen LogP contribution in [-0.2, 0) is 0 Å². The summed E-state index contributed by atoms with van der Waals surface area (Å²) in [5, 5.41) is 0. The summed E-state index contributed by atoms with van der Waals surface area (Å²) in [6.45, 7) is 3.60. The van der Waals surface area contributed by atoms with Gasteiger partial charge in [-0.3, -0.25) is 4.44 Å². The fourth-order valence-corrected chi connectivity index (χ4v) is 15.8. The van der Waals surface area contributed by atoms with Crippen LogP contribution in [0.4, 0.5) is 0 Å². The number of benzene rings is 4. The van der Waals surface area contributed by atoms with Gasteiger partial charge < -0.3 is 0 Å². The topological polar surface area (TPSA) is 3.24 Å². The lowest BCUT2D eigenvalue weighted by Crippen LogP contribution is -2.20. The van der Waals surface area contributed by atoms with E-state index in [0.717, 1.165) is 0 Å². The van der Waals surface area contributed by atoms with Crippen LogP contribution in [0.2, 0.25) is 0 Å². The van der Waals surface area contributed by atoms with Gasteiger partial charge >= 0.3 is 0 Å². The maximum Gasteiger partial charge on any atom is 0.0183 e. The standard InChI is InChI=1S/C36H41NP2/c1-2-3-28-37(38-33(29-16-8-4-9-17-29)24-25-34(38)30-18-10-5-11-19-30)39-35(31-20-12-6-13-21-31)26-27-36(39)32-22-14-7-15-23-32/h4-23,33-36H,2-3,24-28H2,1H3/t33-,34-,35?,36?,39?/m1/s1.